The van der Waals surface area contributed by atoms with Crippen LogP contribution < -0.4 is 5.32 Å². The monoisotopic (exact) mass is 381 g/mol. The van der Waals surface area contributed by atoms with Gasteiger partial charge in [-0.3, -0.25) is 14.9 Å². The van der Waals surface area contributed by atoms with Crippen LogP contribution in [0.4, 0.5) is 11.4 Å². The smallest absolute Gasteiger partial charge is 0.271 e. The number of nitro benzene ring substituents is 1. The number of amides is 1. The van der Waals surface area contributed by atoms with Crippen molar-refractivity contribution in [1.29, 1.82) is 0 Å². The van der Waals surface area contributed by atoms with Gasteiger partial charge in [-0.25, -0.2) is 9.67 Å². The van der Waals surface area contributed by atoms with Crippen LogP contribution in [0.25, 0.3) is 11.0 Å². The third-order valence-electron chi connectivity index (χ3n) is 4.59. The minimum atomic E-state index is -0.483. The number of hydrogen-bond donors (Lipinski definition) is 1. The van der Waals surface area contributed by atoms with Crippen molar-refractivity contribution >= 4 is 28.3 Å². The minimum absolute atomic E-state index is 0.0729. The van der Waals surface area contributed by atoms with Crippen LogP contribution in [0.2, 0.25) is 0 Å². The number of anilines is 1. The number of nitrogens with zero attached hydrogens (tertiary/aromatic N) is 4. The lowest BCUT2D eigenvalue weighted by atomic mass is 10.0. The molecule has 0 unspecified atom stereocenters. The molecule has 2 aromatic heterocycles. The van der Waals surface area contributed by atoms with Crippen LogP contribution in [0, 0.1) is 17.0 Å². The molecule has 8 nitrogen and oxygen atoms in total. The van der Waals surface area contributed by atoms with E-state index in [1.54, 1.807) is 29.9 Å². The highest BCUT2D eigenvalue weighted by Gasteiger charge is 2.20. The van der Waals surface area contributed by atoms with Gasteiger partial charge in [0.05, 0.1) is 27.8 Å². The van der Waals surface area contributed by atoms with Gasteiger partial charge in [0.25, 0.3) is 11.6 Å². The van der Waals surface area contributed by atoms with Crippen molar-refractivity contribution < 1.29 is 9.72 Å². The average Bonchev–Trinajstić information content (AvgIpc) is 3.06. The van der Waals surface area contributed by atoms with Crippen molar-refractivity contribution in [3.05, 3.63) is 57.4 Å². The molecular weight excluding hydrogens is 358 g/mol. The van der Waals surface area contributed by atoms with E-state index in [2.05, 4.69) is 10.4 Å². The Morgan fingerprint density at radius 3 is 2.54 bits per heavy atom. The first-order valence-electron chi connectivity index (χ1n) is 9.13. The molecule has 0 saturated carbocycles. The van der Waals surface area contributed by atoms with Gasteiger partial charge in [-0.1, -0.05) is 19.9 Å². The van der Waals surface area contributed by atoms with Crippen LogP contribution in [-0.4, -0.2) is 25.6 Å². The van der Waals surface area contributed by atoms with Gasteiger partial charge in [-0.05, 0) is 38.3 Å². The molecule has 0 fully saturated rings. The molecule has 8 heteroatoms. The van der Waals surface area contributed by atoms with Crippen molar-refractivity contribution in [1.82, 2.24) is 14.8 Å². The summed E-state index contributed by atoms with van der Waals surface area (Å²) in [5.74, 6) is -0.216. The molecule has 1 N–H and O–H groups in total. The van der Waals surface area contributed by atoms with Crippen molar-refractivity contribution in [3.63, 3.8) is 0 Å². The standard InChI is InChI=1S/C20H23N5O3/c1-11(2)17-9-15(16-10-21-24(12(3)4)19(16)22-17)20(26)23-18-8-14(25(27)28)7-6-13(18)5/h6-12H,1-5H3,(H,23,26). The van der Waals surface area contributed by atoms with Gasteiger partial charge in [0.2, 0.25) is 0 Å². The number of fused-ring (bicyclic) bond motifs is 1. The largest absolute Gasteiger partial charge is 0.321 e. The van der Waals surface area contributed by atoms with Gasteiger partial charge < -0.3 is 5.32 Å². The highest BCUT2D eigenvalue weighted by molar-refractivity contribution is 6.12. The first kappa shape index (κ1) is 19.5. The number of non-ortho nitro benzene ring substituents is 1. The number of nitrogens with one attached hydrogen (secondary N) is 1. The second-order valence-electron chi connectivity index (χ2n) is 7.38. The molecule has 1 amide bonds. The molecule has 0 spiro atoms. The number of benzene rings is 1. The highest BCUT2D eigenvalue weighted by atomic mass is 16.6. The summed E-state index contributed by atoms with van der Waals surface area (Å²) < 4.78 is 1.79. The lowest BCUT2D eigenvalue weighted by molar-refractivity contribution is -0.384. The number of aryl methyl sites for hydroxylation is 1. The Morgan fingerprint density at radius 2 is 1.93 bits per heavy atom. The summed E-state index contributed by atoms with van der Waals surface area (Å²) in [6, 6.07) is 6.27. The highest BCUT2D eigenvalue weighted by Crippen LogP contribution is 2.27. The summed E-state index contributed by atoms with van der Waals surface area (Å²) >= 11 is 0. The molecule has 2 heterocycles. The lowest BCUT2D eigenvalue weighted by Gasteiger charge is -2.13. The predicted octanol–water partition coefficient (Wildman–Crippen LogP) is 4.60. The quantitative estimate of drug-likeness (QED) is 0.514. The molecule has 1 aromatic carbocycles. The molecule has 0 aliphatic rings. The summed E-state index contributed by atoms with van der Waals surface area (Å²) in [6.07, 6.45) is 1.64. The molecule has 0 radical (unpaired) electrons. The van der Waals surface area contributed by atoms with E-state index < -0.39 is 4.92 Å². The van der Waals surface area contributed by atoms with Crippen molar-refractivity contribution in [3.8, 4) is 0 Å². The number of carbonyl (C=O) groups excluding carboxylic acids is 1. The fourth-order valence-electron chi connectivity index (χ4n) is 2.95. The summed E-state index contributed by atoms with van der Waals surface area (Å²) in [6.45, 7) is 9.82. The molecule has 3 rings (SSSR count). The molecule has 0 aliphatic heterocycles. The zero-order valence-electron chi connectivity index (χ0n) is 16.6. The van der Waals surface area contributed by atoms with E-state index in [9.17, 15) is 14.9 Å². The maximum Gasteiger partial charge on any atom is 0.271 e. The van der Waals surface area contributed by atoms with Crippen LogP contribution in [-0.2, 0) is 0 Å². The Labute approximate surface area is 162 Å². The number of aromatic nitrogens is 3. The van der Waals surface area contributed by atoms with Gasteiger partial charge in [-0.2, -0.15) is 5.10 Å². The molecule has 0 atom stereocenters. The van der Waals surface area contributed by atoms with E-state index >= 15 is 0 Å². The Morgan fingerprint density at radius 1 is 1.21 bits per heavy atom. The molecule has 0 bridgehead atoms. The molecule has 0 aliphatic carbocycles. The third kappa shape index (κ3) is 3.58. The van der Waals surface area contributed by atoms with Crippen molar-refractivity contribution in [2.45, 2.75) is 46.6 Å². The fraction of sp³-hybridized carbons (Fsp3) is 0.350. The zero-order chi connectivity index (χ0) is 20.6. The summed E-state index contributed by atoms with van der Waals surface area (Å²) in [4.78, 5) is 28.3. The maximum atomic E-state index is 13.1. The van der Waals surface area contributed by atoms with E-state index in [-0.39, 0.29) is 23.6 Å². The van der Waals surface area contributed by atoms with Gasteiger partial charge in [-0.15, -0.1) is 0 Å². The number of nitro groups is 1. The number of rotatable bonds is 5. The van der Waals surface area contributed by atoms with E-state index in [1.165, 1.54) is 12.1 Å². The van der Waals surface area contributed by atoms with Crippen LogP contribution in [0.5, 0.6) is 0 Å². The zero-order valence-corrected chi connectivity index (χ0v) is 16.6. The van der Waals surface area contributed by atoms with E-state index in [1.807, 2.05) is 27.7 Å². The summed E-state index contributed by atoms with van der Waals surface area (Å²) in [5, 5.41) is 18.9. The Hall–Kier alpha value is -3.29. The molecular formula is C20H23N5O3. The normalized spacial score (nSPS) is 11.4. The van der Waals surface area contributed by atoms with E-state index in [0.29, 0.717) is 22.3 Å². The van der Waals surface area contributed by atoms with Crippen LogP contribution in [0.15, 0.2) is 30.5 Å². The Kier molecular flexibility index (Phi) is 5.13. The minimum Gasteiger partial charge on any atom is -0.321 e. The van der Waals surface area contributed by atoms with Crippen LogP contribution in [0.3, 0.4) is 0 Å². The second-order valence-corrected chi connectivity index (χ2v) is 7.38. The molecule has 146 valence electrons. The Balaban J connectivity index is 2.09. The van der Waals surface area contributed by atoms with Crippen molar-refractivity contribution in [2.75, 3.05) is 5.32 Å². The topological polar surface area (TPSA) is 103 Å². The molecule has 0 saturated heterocycles. The van der Waals surface area contributed by atoms with Crippen LogP contribution in [0.1, 0.15) is 61.3 Å². The van der Waals surface area contributed by atoms with E-state index in [4.69, 9.17) is 4.98 Å². The first-order chi connectivity index (χ1) is 13.2. The first-order valence-corrected chi connectivity index (χ1v) is 9.13. The molecule has 28 heavy (non-hydrogen) atoms. The fourth-order valence-corrected chi connectivity index (χ4v) is 2.95. The van der Waals surface area contributed by atoms with Gasteiger partial charge >= 0.3 is 0 Å². The van der Waals surface area contributed by atoms with Gasteiger partial charge in [0.1, 0.15) is 0 Å². The summed E-state index contributed by atoms with van der Waals surface area (Å²) in [5.41, 5.74) is 2.97. The Bertz CT molecular complexity index is 1070. The average molecular weight is 381 g/mol. The van der Waals surface area contributed by atoms with E-state index in [0.717, 1.165) is 11.3 Å². The third-order valence-corrected chi connectivity index (χ3v) is 4.59. The van der Waals surface area contributed by atoms with Gasteiger partial charge in [0.15, 0.2) is 5.65 Å². The number of carbonyl (C=O) groups is 1. The summed E-state index contributed by atoms with van der Waals surface area (Å²) in [7, 11) is 0. The number of pyridine rings is 1. The second kappa shape index (κ2) is 7.38. The number of hydrogen-bond acceptors (Lipinski definition) is 5. The van der Waals surface area contributed by atoms with Crippen molar-refractivity contribution in [2.24, 2.45) is 0 Å². The SMILES string of the molecule is Cc1ccc([N+](=O)[O-])cc1NC(=O)c1cc(C(C)C)nc2c1cnn2C(C)C. The lowest BCUT2D eigenvalue weighted by Crippen LogP contribution is -2.15. The van der Waals surface area contributed by atoms with Gasteiger partial charge in [0, 0.05) is 23.9 Å². The maximum absolute atomic E-state index is 13.1. The molecule has 3 aromatic rings. The van der Waals surface area contributed by atoms with Crippen LogP contribution >= 0.6 is 0 Å². The predicted molar refractivity (Wildman–Crippen MR) is 108 cm³/mol.